The van der Waals surface area contributed by atoms with E-state index in [0.29, 0.717) is 27.5 Å². The summed E-state index contributed by atoms with van der Waals surface area (Å²) in [5, 5.41) is 33.0. The van der Waals surface area contributed by atoms with Crippen molar-refractivity contribution in [3.8, 4) is 0 Å². The van der Waals surface area contributed by atoms with E-state index < -0.39 is 31.1 Å². The lowest BCUT2D eigenvalue weighted by molar-refractivity contribution is -0.0501. The van der Waals surface area contributed by atoms with Crippen molar-refractivity contribution in [2.75, 3.05) is 24.2 Å². The first-order valence-corrected chi connectivity index (χ1v) is 9.13. The Labute approximate surface area is 157 Å². The molecule has 0 amide bonds. The Kier molecular flexibility index (Phi) is 5.58. The van der Waals surface area contributed by atoms with Crippen LogP contribution in [-0.2, 0) is 4.74 Å². The molecule has 1 aliphatic heterocycles. The van der Waals surface area contributed by atoms with Crippen molar-refractivity contribution in [3.63, 3.8) is 0 Å². The van der Waals surface area contributed by atoms with Crippen LogP contribution in [0.15, 0.2) is 0 Å². The van der Waals surface area contributed by atoms with Gasteiger partial charge in [-0.25, -0.2) is 15.0 Å². The molecule has 0 aromatic carbocycles. The molecule has 0 bridgehead atoms. The molecule has 4 atom stereocenters. The minimum Gasteiger partial charge on any atom is -0.394 e. The fourth-order valence-electron chi connectivity index (χ4n) is 2.80. The lowest BCUT2D eigenvalue weighted by atomic mass is 10.1. The number of hydrogen-bond acceptors (Lipinski definition) is 9. The maximum Gasteiger partial charge on any atom is 0.207 e. The third-order valence-corrected chi connectivity index (χ3v) is 4.61. The summed E-state index contributed by atoms with van der Waals surface area (Å²) >= 11 is 1.94. The third-order valence-electron chi connectivity index (χ3n) is 4.12. The van der Waals surface area contributed by atoms with Gasteiger partial charge in [0.05, 0.1) is 6.61 Å². The molecule has 0 aliphatic carbocycles. The number of aliphatic hydroxyl groups excluding tert-OH is 3. The molecule has 11 heteroatoms. The van der Waals surface area contributed by atoms with E-state index in [1.54, 1.807) is 4.57 Å². The van der Waals surface area contributed by atoms with E-state index in [4.69, 9.17) is 10.5 Å². The van der Waals surface area contributed by atoms with Gasteiger partial charge in [-0.1, -0.05) is 13.3 Å². The summed E-state index contributed by atoms with van der Waals surface area (Å²) in [5.41, 5.74) is 6.74. The molecule has 6 N–H and O–H groups in total. The summed E-state index contributed by atoms with van der Waals surface area (Å²) in [6.07, 6.45) is -2.37. The van der Waals surface area contributed by atoms with E-state index in [0.717, 1.165) is 12.8 Å². The largest absolute Gasteiger partial charge is 0.394 e. The highest BCUT2D eigenvalue weighted by molar-refractivity contribution is 14.1. The zero-order valence-corrected chi connectivity index (χ0v) is 15.8. The highest BCUT2D eigenvalue weighted by Gasteiger charge is 2.45. The summed E-state index contributed by atoms with van der Waals surface area (Å²) in [6.45, 7) is 2.33. The van der Waals surface area contributed by atoms with E-state index >= 15 is 0 Å². The zero-order valence-electron chi connectivity index (χ0n) is 13.6. The fraction of sp³-hybridized carbons (Fsp3) is 0.643. The van der Waals surface area contributed by atoms with Crippen LogP contribution in [0.25, 0.3) is 11.2 Å². The molecule has 2 aromatic heterocycles. The molecule has 0 radical (unpaired) electrons. The predicted molar refractivity (Wildman–Crippen MR) is 98.9 cm³/mol. The van der Waals surface area contributed by atoms with Crippen molar-refractivity contribution in [1.82, 2.24) is 19.5 Å². The van der Waals surface area contributed by atoms with Gasteiger partial charge in [-0.2, -0.15) is 0 Å². The van der Waals surface area contributed by atoms with Gasteiger partial charge in [-0.05, 0) is 6.42 Å². The molecule has 1 aliphatic rings. The first-order chi connectivity index (χ1) is 12.0. The van der Waals surface area contributed by atoms with Crippen molar-refractivity contribution in [2.24, 2.45) is 0 Å². The van der Waals surface area contributed by atoms with Crippen LogP contribution in [-0.4, -0.2) is 66.3 Å². The molecule has 4 unspecified atom stereocenters. The number of nitrogens with zero attached hydrogens (tertiary/aromatic N) is 4. The van der Waals surface area contributed by atoms with Crippen LogP contribution in [0.3, 0.4) is 0 Å². The topological polar surface area (TPSA) is 152 Å². The van der Waals surface area contributed by atoms with Crippen LogP contribution in [0, 0.1) is 3.83 Å². The number of aromatic nitrogens is 4. The van der Waals surface area contributed by atoms with Crippen molar-refractivity contribution in [2.45, 2.75) is 44.3 Å². The van der Waals surface area contributed by atoms with Gasteiger partial charge in [0, 0.05) is 29.1 Å². The molecule has 0 spiro atoms. The summed E-state index contributed by atoms with van der Waals surface area (Å²) < 4.78 is 7.63. The van der Waals surface area contributed by atoms with Crippen molar-refractivity contribution in [3.05, 3.63) is 3.83 Å². The number of fused-ring (bicyclic) bond motifs is 1. The number of nitrogens with two attached hydrogens (primary N) is 1. The van der Waals surface area contributed by atoms with Crippen LogP contribution < -0.4 is 11.1 Å². The number of ether oxygens (including phenoxy) is 1. The number of hydrogen-bond donors (Lipinski definition) is 5. The maximum absolute atomic E-state index is 10.4. The summed E-state index contributed by atoms with van der Waals surface area (Å²) in [6, 6.07) is 0. The number of rotatable bonds is 6. The number of anilines is 2. The SMILES string of the molecule is CCCCNc1nc2c(N)nc(I)nc2n1C1OC(CO)C(O)C1O. The van der Waals surface area contributed by atoms with Crippen molar-refractivity contribution < 1.29 is 20.1 Å². The average molecular weight is 464 g/mol. The number of aliphatic hydroxyl groups is 3. The Hall–Kier alpha value is -1.28. The Bertz CT molecular complexity index is 756. The highest BCUT2D eigenvalue weighted by atomic mass is 127. The van der Waals surface area contributed by atoms with Crippen LogP contribution in [0.4, 0.5) is 11.8 Å². The second kappa shape index (κ2) is 7.53. The van der Waals surface area contributed by atoms with Crippen molar-refractivity contribution >= 4 is 45.5 Å². The molecule has 10 nitrogen and oxygen atoms in total. The van der Waals surface area contributed by atoms with Gasteiger partial charge in [0.1, 0.15) is 18.3 Å². The monoisotopic (exact) mass is 464 g/mol. The number of nitrogens with one attached hydrogen (secondary N) is 1. The Morgan fingerprint density at radius 1 is 1.28 bits per heavy atom. The van der Waals surface area contributed by atoms with E-state index in [-0.39, 0.29) is 5.82 Å². The molecule has 3 rings (SSSR count). The predicted octanol–water partition coefficient (Wildman–Crippen LogP) is -0.163. The summed E-state index contributed by atoms with van der Waals surface area (Å²) in [7, 11) is 0. The smallest absolute Gasteiger partial charge is 0.207 e. The fourth-order valence-corrected chi connectivity index (χ4v) is 3.29. The maximum atomic E-state index is 10.4. The van der Waals surface area contributed by atoms with Gasteiger partial charge in [0.15, 0.2) is 27.0 Å². The third kappa shape index (κ3) is 3.38. The summed E-state index contributed by atoms with van der Waals surface area (Å²) in [5.74, 6) is 0.639. The standard InChI is InChI=1S/C14H21IN6O4/c1-2-3-4-17-14-18-7-10(16)19-13(15)20-11(7)21(14)12-9(24)8(23)6(5-22)25-12/h6,8-9,12,22-24H,2-5H2,1H3,(H,17,18)(H2,16,19,20). The Balaban J connectivity index is 2.09. The van der Waals surface area contributed by atoms with E-state index in [1.807, 2.05) is 22.6 Å². The first kappa shape index (κ1) is 18.5. The van der Waals surface area contributed by atoms with Gasteiger partial charge >= 0.3 is 0 Å². The van der Waals surface area contributed by atoms with E-state index in [1.165, 1.54) is 0 Å². The minimum absolute atomic E-state index is 0.221. The quantitative estimate of drug-likeness (QED) is 0.223. The minimum atomic E-state index is -1.24. The average Bonchev–Trinajstić information content (AvgIpc) is 3.06. The molecule has 1 fully saturated rings. The van der Waals surface area contributed by atoms with Gasteiger partial charge in [0.2, 0.25) is 5.95 Å². The molecule has 0 saturated carbocycles. The van der Waals surface area contributed by atoms with Crippen molar-refractivity contribution in [1.29, 1.82) is 0 Å². The Morgan fingerprint density at radius 2 is 2.04 bits per heavy atom. The normalized spacial score (nSPS) is 26.4. The van der Waals surface area contributed by atoms with Gasteiger partial charge in [0.25, 0.3) is 0 Å². The lowest BCUT2D eigenvalue weighted by Gasteiger charge is -2.19. The lowest BCUT2D eigenvalue weighted by Crippen LogP contribution is -2.33. The first-order valence-electron chi connectivity index (χ1n) is 8.05. The van der Waals surface area contributed by atoms with Gasteiger partial charge in [-0.3, -0.25) is 4.57 Å². The van der Waals surface area contributed by atoms with Crippen LogP contribution in [0.2, 0.25) is 0 Å². The summed E-state index contributed by atoms with van der Waals surface area (Å²) in [4.78, 5) is 12.9. The zero-order chi connectivity index (χ0) is 18.1. The molecule has 3 heterocycles. The number of halogens is 1. The molecular weight excluding hydrogens is 443 g/mol. The number of imidazole rings is 1. The second-order valence-electron chi connectivity index (χ2n) is 5.86. The molecule has 2 aromatic rings. The highest BCUT2D eigenvalue weighted by Crippen LogP contribution is 2.35. The van der Waals surface area contributed by atoms with Crippen LogP contribution >= 0.6 is 22.6 Å². The molecule has 25 heavy (non-hydrogen) atoms. The number of nitrogen functional groups attached to an aromatic ring is 1. The molecule has 138 valence electrons. The van der Waals surface area contributed by atoms with Gasteiger partial charge in [-0.15, -0.1) is 0 Å². The molecule has 1 saturated heterocycles. The Morgan fingerprint density at radius 3 is 2.68 bits per heavy atom. The van der Waals surface area contributed by atoms with E-state index in [9.17, 15) is 15.3 Å². The van der Waals surface area contributed by atoms with E-state index in [2.05, 4.69) is 27.2 Å². The van der Waals surface area contributed by atoms with Gasteiger partial charge < -0.3 is 31.1 Å². The van der Waals surface area contributed by atoms with Crippen LogP contribution in [0.1, 0.15) is 26.0 Å². The second-order valence-corrected chi connectivity index (χ2v) is 6.83. The number of unbranched alkanes of at least 4 members (excludes halogenated alkanes) is 1. The molecular formula is C14H21IN6O4. The van der Waals surface area contributed by atoms with Crippen LogP contribution in [0.5, 0.6) is 0 Å².